The van der Waals surface area contributed by atoms with Crippen LogP contribution < -0.4 is 5.32 Å². The third kappa shape index (κ3) is 5.30. The monoisotopic (exact) mass is 278 g/mol. The minimum atomic E-state index is 0.552. The Kier molecular flexibility index (Phi) is 7.65. The molecule has 2 N–H and O–H groups in total. The van der Waals surface area contributed by atoms with E-state index in [9.17, 15) is 4.79 Å². The van der Waals surface area contributed by atoms with Crippen LogP contribution in [0.1, 0.15) is 11.4 Å². The van der Waals surface area contributed by atoms with Gasteiger partial charge in [-0.15, -0.1) is 11.3 Å². The number of benzene rings is 1. The number of carbonyl (C=O) groups is 1. The molecule has 0 bridgehead atoms. The number of rotatable bonds is 6. The van der Waals surface area contributed by atoms with E-state index in [-0.39, 0.29) is 0 Å². The molecule has 0 aliphatic rings. The predicted octanol–water partition coefficient (Wildman–Crippen LogP) is 2.10. The van der Waals surface area contributed by atoms with Crippen LogP contribution in [0.5, 0.6) is 0 Å². The Hall–Kier alpha value is -1.56. The highest BCUT2D eigenvalue weighted by atomic mass is 32.1. The van der Waals surface area contributed by atoms with Crippen molar-refractivity contribution < 1.29 is 9.90 Å². The van der Waals surface area contributed by atoms with Crippen LogP contribution in [0.3, 0.4) is 0 Å². The molecular weight excluding hydrogens is 260 g/mol. The number of carbonyl (C=O) groups excluding carboxylic acids is 1. The van der Waals surface area contributed by atoms with Crippen LogP contribution >= 0.6 is 11.3 Å². The highest BCUT2D eigenvalue weighted by molar-refractivity contribution is 7.09. The van der Waals surface area contributed by atoms with Crippen LogP contribution in [-0.4, -0.2) is 30.0 Å². The summed E-state index contributed by atoms with van der Waals surface area (Å²) in [5.41, 5.74) is 2.16. The number of hydrogen-bond donors (Lipinski definition) is 2. The van der Waals surface area contributed by atoms with Crippen molar-refractivity contribution in [3.05, 3.63) is 40.7 Å². The van der Waals surface area contributed by atoms with Crippen LogP contribution in [-0.2, 0) is 11.3 Å². The summed E-state index contributed by atoms with van der Waals surface area (Å²) in [4.78, 5) is 14.7. The Morgan fingerprint density at radius 2 is 2.05 bits per heavy atom. The fraction of sp³-hybridized carbons (Fsp3) is 0.286. The van der Waals surface area contributed by atoms with Crippen LogP contribution in [0.25, 0.3) is 11.3 Å². The lowest BCUT2D eigenvalue weighted by Crippen LogP contribution is -2.14. The van der Waals surface area contributed by atoms with Crippen LogP contribution in [0, 0.1) is 0 Å². The number of aromatic nitrogens is 1. The SMILES string of the molecule is CO.O=CCCNCc1nc(-c2ccccc2)cs1. The fourth-order valence-electron chi connectivity index (χ4n) is 1.49. The first-order valence-electron chi connectivity index (χ1n) is 5.99. The first-order chi connectivity index (χ1) is 9.40. The normalized spacial score (nSPS) is 9.58. The van der Waals surface area contributed by atoms with Gasteiger partial charge in [0.1, 0.15) is 11.3 Å². The molecule has 0 unspecified atom stereocenters. The van der Waals surface area contributed by atoms with Crippen molar-refractivity contribution in [2.45, 2.75) is 13.0 Å². The van der Waals surface area contributed by atoms with Crippen molar-refractivity contribution in [3.63, 3.8) is 0 Å². The van der Waals surface area contributed by atoms with E-state index < -0.39 is 0 Å². The number of aliphatic hydroxyl groups excluding tert-OH is 1. The zero-order chi connectivity index (χ0) is 13.9. The Morgan fingerprint density at radius 3 is 2.74 bits per heavy atom. The molecule has 0 atom stereocenters. The summed E-state index contributed by atoms with van der Waals surface area (Å²) in [5, 5.41) is 13.3. The molecule has 0 spiro atoms. The van der Waals surface area contributed by atoms with E-state index in [0.29, 0.717) is 13.0 Å². The van der Waals surface area contributed by atoms with Gasteiger partial charge < -0.3 is 15.2 Å². The van der Waals surface area contributed by atoms with Gasteiger partial charge in [0.05, 0.1) is 5.69 Å². The van der Waals surface area contributed by atoms with Crippen molar-refractivity contribution in [3.8, 4) is 11.3 Å². The standard InChI is InChI=1S/C13H14N2OS.CH4O/c16-8-4-7-14-9-13-15-12(10-17-13)11-5-2-1-3-6-11;1-2/h1-3,5-6,8,10,14H,4,7,9H2;2H,1H3. The summed E-state index contributed by atoms with van der Waals surface area (Å²) >= 11 is 1.64. The number of hydrogen-bond acceptors (Lipinski definition) is 5. The predicted molar refractivity (Wildman–Crippen MR) is 78.1 cm³/mol. The maximum atomic E-state index is 10.2. The fourth-order valence-corrected chi connectivity index (χ4v) is 2.26. The molecule has 0 aliphatic carbocycles. The summed E-state index contributed by atoms with van der Waals surface area (Å²) in [6, 6.07) is 10.1. The smallest absolute Gasteiger partial charge is 0.121 e. The topological polar surface area (TPSA) is 62.2 Å². The lowest BCUT2D eigenvalue weighted by molar-refractivity contribution is -0.107. The van der Waals surface area contributed by atoms with E-state index in [2.05, 4.69) is 27.8 Å². The van der Waals surface area contributed by atoms with Gasteiger partial charge in [0.25, 0.3) is 0 Å². The van der Waals surface area contributed by atoms with Gasteiger partial charge >= 0.3 is 0 Å². The molecule has 0 amide bonds. The number of nitrogens with one attached hydrogen (secondary N) is 1. The molecule has 0 fully saturated rings. The molecular formula is C14H18N2O2S. The molecule has 1 aromatic heterocycles. The van der Waals surface area contributed by atoms with Crippen molar-refractivity contribution in [1.82, 2.24) is 10.3 Å². The molecule has 2 rings (SSSR count). The van der Waals surface area contributed by atoms with E-state index in [0.717, 1.165) is 36.2 Å². The molecule has 2 aromatic rings. The molecule has 0 saturated carbocycles. The van der Waals surface area contributed by atoms with Crippen LogP contribution in [0.4, 0.5) is 0 Å². The van der Waals surface area contributed by atoms with E-state index in [1.54, 1.807) is 11.3 Å². The van der Waals surface area contributed by atoms with Gasteiger partial charge in [-0.2, -0.15) is 0 Å². The second kappa shape index (κ2) is 9.38. The highest BCUT2D eigenvalue weighted by Gasteiger charge is 2.03. The zero-order valence-corrected chi connectivity index (χ0v) is 11.7. The Bertz CT molecular complexity index is 471. The molecule has 19 heavy (non-hydrogen) atoms. The first-order valence-corrected chi connectivity index (χ1v) is 6.87. The lowest BCUT2D eigenvalue weighted by atomic mass is 10.2. The van der Waals surface area contributed by atoms with E-state index in [1.807, 2.05) is 18.2 Å². The van der Waals surface area contributed by atoms with E-state index in [1.165, 1.54) is 0 Å². The molecule has 0 aliphatic heterocycles. The van der Waals surface area contributed by atoms with E-state index in [4.69, 9.17) is 5.11 Å². The summed E-state index contributed by atoms with van der Waals surface area (Å²) in [6.07, 6.45) is 1.47. The summed E-state index contributed by atoms with van der Waals surface area (Å²) in [7, 11) is 1.00. The minimum absolute atomic E-state index is 0.552. The number of aldehydes is 1. The molecule has 1 heterocycles. The van der Waals surface area contributed by atoms with Gasteiger partial charge in [-0.05, 0) is 0 Å². The zero-order valence-electron chi connectivity index (χ0n) is 10.9. The molecule has 0 radical (unpaired) electrons. The summed E-state index contributed by atoms with van der Waals surface area (Å²) in [5.74, 6) is 0. The van der Waals surface area contributed by atoms with Crippen molar-refractivity contribution in [2.75, 3.05) is 13.7 Å². The average molecular weight is 278 g/mol. The van der Waals surface area contributed by atoms with Gasteiger partial charge in [-0.25, -0.2) is 4.98 Å². The lowest BCUT2D eigenvalue weighted by Gasteiger charge is -1.98. The van der Waals surface area contributed by atoms with Gasteiger partial charge in [0.15, 0.2) is 0 Å². The Balaban J connectivity index is 0.000000861. The molecule has 4 nitrogen and oxygen atoms in total. The first kappa shape index (κ1) is 15.5. The van der Waals surface area contributed by atoms with Gasteiger partial charge in [0.2, 0.25) is 0 Å². The average Bonchev–Trinajstić information content (AvgIpc) is 2.96. The maximum Gasteiger partial charge on any atom is 0.121 e. The maximum absolute atomic E-state index is 10.2. The number of aliphatic hydroxyl groups is 1. The highest BCUT2D eigenvalue weighted by Crippen LogP contribution is 2.21. The molecule has 5 heteroatoms. The minimum Gasteiger partial charge on any atom is -0.400 e. The largest absolute Gasteiger partial charge is 0.400 e. The second-order valence-electron chi connectivity index (χ2n) is 3.62. The molecule has 1 aromatic carbocycles. The number of thiazole rings is 1. The third-order valence-corrected chi connectivity index (χ3v) is 3.19. The molecule has 0 saturated heterocycles. The van der Waals surface area contributed by atoms with Gasteiger partial charge in [-0.3, -0.25) is 0 Å². The van der Waals surface area contributed by atoms with Gasteiger partial charge in [0, 0.05) is 37.6 Å². The van der Waals surface area contributed by atoms with Gasteiger partial charge in [-0.1, -0.05) is 30.3 Å². The Labute approximate surface area is 117 Å². The Morgan fingerprint density at radius 1 is 1.32 bits per heavy atom. The van der Waals surface area contributed by atoms with Crippen LogP contribution in [0.15, 0.2) is 35.7 Å². The quantitative estimate of drug-likeness (QED) is 0.627. The summed E-state index contributed by atoms with van der Waals surface area (Å²) in [6.45, 7) is 1.44. The number of nitrogens with zero attached hydrogens (tertiary/aromatic N) is 1. The second-order valence-corrected chi connectivity index (χ2v) is 4.57. The van der Waals surface area contributed by atoms with Crippen molar-refractivity contribution >= 4 is 17.6 Å². The molecule has 102 valence electrons. The van der Waals surface area contributed by atoms with Crippen molar-refractivity contribution in [1.29, 1.82) is 0 Å². The third-order valence-electron chi connectivity index (χ3n) is 2.34. The van der Waals surface area contributed by atoms with Crippen molar-refractivity contribution in [2.24, 2.45) is 0 Å². The summed E-state index contributed by atoms with van der Waals surface area (Å²) < 4.78 is 0. The van der Waals surface area contributed by atoms with E-state index >= 15 is 0 Å². The van der Waals surface area contributed by atoms with Crippen LogP contribution in [0.2, 0.25) is 0 Å².